The van der Waals surface area contributed by atoms with Crippen molar-refractivity contribution in [1.82, 2.24) is 0 Å². The fourth-order valence-corrected chi connectivity index (χ4v) is 2.58. The third-order valence-electron chi connectivity index (χ3n) is 3.03. The second kappa shape index (κ2) is 6.13. The van der Waals surface area contributed by atoms with E-state index in [1.807, 2.05) is 0 Å². The molecule has 2 aromatic rings. The minimum atomic E-state index is -1.08. The van der Waals surface area contributed by atoms with Gasteiger partial charge in [-0.05, 0) is 29.7 Å². The molecule has 0 aliphatic heterocycles. The van der Waals surface area contributed by atoms with Crippen molar-refractivity contribution in [3.8, 4) is 0 Å². The van der Waals surface area contributed by atoms with E-state index in [0.717, 1.165) is 6.07 Å². The normalized spacial score (nSPS) is 12.2. The number of hydrogen-bond acceptors (Lipinski definition) is 1. The highest BCUT2D eigenvalue weighted by atomic mass is 79.9. The van der Waals surface area contributed by atoms with Gasteiger partial charge in [0.2, 0.25) is 0 Å². The van der Waals surface area contributed by atoms with Gasteiger partial charge >= 0.3 is 5.97 Å². The molecule has 0 aliphatic rings. The Bertz CT molecular complexity index is 644. The van der Waals surface area contributed by atoms with Crippen LogP contribution in [0.15, 0.2) is 46.9 Å². The van der Waals surface area contributed by atoms with E-state index in [0.29, 0.717) is 10.0 Å². The van der Waals surface area contributed by atoms with Crippen LogP contribution in [-0.4, -0.2) is 11.1 Å². The molecule has 2 aromatic carbocycles. The Morgan fingerprint density at radius 3 is 2.50 bits per heavy atom. The zero-order chi connectivity index (χ0) is 14.7. The molecule has 0 saturated carbocycles. The molecule has 1 N–H and O–H groups in total. The van der Waals surface area contributed by atoms with E-state index >= 15 is 0 Å². The van der Waals surface area contributed by atoms with Crippen LogP contribution in [0, 0.1) is 11.6 Å². The molecule has 0 bridgehead atoms. The Kier molecular flexibility index (Phi) is 4.49. The van der Waals surface area contributed by atoms with Crippen molar-refractivity contribution in [3.63, 3.8) is 0 Å². The van der Waals surface area contributed by atoms with E-state index in [1.54, 1.807) is 24.3 Å². The summed E-state index contributed by atoms with van der Waals surface area (Å²) in [6.45, 7) is 0. The van der Waals surface area contributed by atoms with Gasteiger partial charge in [-0.2, -0.15) is 0 Å². The number of carbonyl (C=O) groups is 1. The summed E-state index contributed by atoms with van der Waals surface area (Å²) in [5, 5.41) is 9.34. The van der Waals surface area contributed by atoms with Crippen LogP contribution in [0.5, 0.6) is 0 Å². The highest BCUT2D eigenvalue weighted by Crippen LogP contribution is 2.29. The van der Waals surface area contributed by atoms with Crippen molar-refractivity contribution in [1.29, 1.82) is 0 Å². The van der Waals surface area contributed by atoms with Crippen LogP contribution in [0.3, 0.4) is 0 Å². The van der Waals surface area contributed by atoms with E-state index in [9.17, 15) is 18.7 Å². The standard InChI is InChI=1S/C15H11BrF2O2/c16-12-6-2-1-5-10(12)11(15(19)20)8-9-4-3-7-13(17)14(9)18/h1-7,11H,8H2,(H,19,20). The Balaban J connectivity index is 2.39. The van der Waals surface area contributed by atoms with Gasteiger partial charge in [0.05, 0.1) is 5.92 Å². The van der Waals surface area contributed by atoms with Gasteiger partial charge in [-0.25, -0.2) is 8.78 Å². The molecule has 20 heavy (non-hydrogen) atoms. The molecule has 0 saturated heterocycles. The Hall–Kier alpha value is -1.75. The molecular formula is C15H11BrF2O2. The smallest absolute Gasteiger partial charge is 0.311 e. The van der Waals surface area contributed by atoms with Crippen molar-refractivity contribution < 1.29 is 18.7 Å². The molecule has 2 nitrogen and oxygen atoms in total. The summed E-state index contributed by atoms with van der Waals surface area (Å²) in [5.41, 5.74) is 0.580. The van der Waals surface area contributed by atoms with Crippen LogP contribution in [0.25, 0.3) is 0 Å². The van der Waals surface area contributed by atoms with Gasteiger partial charge in [0, 0.05) is 4.47 Å². The molecular weight excluding hydrogens is 330 g/mol. The van der Waals surface area contributed by atoms with Crippen molar-refractivity contribution in [2.24, 2.45) is 0 Å². The van der Waals surface area contributed by atoms with Gasteiger partial charge in [0.15, 0.2) is 11.6 Å². The fraction of sp³-hybridized carbons (Fsp3) is 0.133. The van der Waals surface area contributed by atoms with Gasteiger partial charge in [-0.1, -0.05) is 46.3 Å². The van der Waals surface area contributed by atoms with Gasteiger partial charge in [0.1, 0.15) is 0 Å². The second-order valence-corrected chi connectivity index (χ2v) is 5.18. The average Bonchev–Trinajstić information content (AvgIpc) is 2.41. The van der Waals surface area contributed by atoms with Crippen LogP contribution in [0.2, 0.25) is 0 Å². The lowest BCUT2D eigenvalue weighted by molar-refractivity contribution is -0.138. The highest BCUT2D eigenvalue weighted by Gasteiger charge is 2.24. The van der Waals surface area contributed by atoms with Crippen LogP contribution in [0.4, 0.5) is 8.78 Å². The first kappa shape index (κ1) is 14.7. The molecule has 0 fully saturated rings. The summed E-state index contributed by atoms with van der Waals surface area (Å²) in [6, 6.07) is 10.6. The van der Waals surface area contributed by atoms with E-state index in [2.05, 4.69) is 15.9 Å². The number of rotatable bonds is 4. The number of hydrogen-bond donors (Lipinski definition) is 1. The lowest BCUT2D eigenvalue weighted by atomic mass is 9.92. The summed E-state index contributed by atoms with van der Waals surface area (Å²) in [6.07, 6.45) is -0.110. The average molecular weight is 341 g/mol. The third-order valence-corrected chi connectivity index (χ3v) is 3.76. The maximum absolute atomic E-state index is 13.7. The Morgan fingerprint density at radius 1 is 1.15 bits per heavy atom. The molecule has 0 aromatic heterocycles. The van der Waals surface area contributed by atoms with E-state index in [-0.39, 0.29) is 12.0 Å². The zero-order valence-corrected chi connectivity index (χ0v) is 11.9. The summed E-state index contributed by atoms with van der Waals surface area (Å²) >= 11 is 3.28. The Morgan fingerprint density at radius 2 is 1.85 bits per heavy atom. The molecule has 2 rings (SSSR count). The maximum atomic E-state index is 13.7. The van der Waals surface area contributed by atoms with Gasteiger partial charge in [0.25, 0.3) is 0 Å². The van der Waals surface area contributed by atoms with Crippen LogP contribution >= 0.6 is 15.9 Å². The van der Waals surface area contributed by atoms with Crippen molar-refractivity contribution in [3.05, 3.63) is 69.7 Å². The molecule has 1 unspecified atom stereocenters. The van der Waals surface area contributed by atoms with Gasteiger partial charge < -0.3 is 5.11 Å². The monoisotopic (exact) mass is 340 g/mol. The number of halogens is 3. The molecule has 0 radical (unpaired) electrons. The SMILES string of the molecule is O=C(O)C(Cc1cccc(F)c1F)c1ccccc1Br. The van der Waals surface area contributed by atoms with Crippen LogP contribution in [0.1, 0.15) is 17.0 Å². The molecule has 5 heteroatoms. The van der Waals surface area contributed by atoms with Gasteiger partial charge in [-0.15, -0.1) is 0 Å². The molecule has 0 amide bonds. The molecule has 0 heterocycles. The van der Waals surface area contributed by atoms with Crippen molar-refractivity contribution in [2.75, 3.05) is 0 Å². The van der Waals surface area contributed by atoms with Crippen molar-refractivity contribution >= 4 is 21.9 Å². The maximum Gasteiger partial charge on any atom is 0.311 e. The predicted molar refractivity (Wildman–Crippen MR) is 74.6 cm³/mol. The third kappa shape index (κ3) is 3.04. The number of benzene rings is 2. The predicted octanol–water partition coefficient (Wildman–Crippen LogP) is 4.14. The molecule has 1 atom stereocenters. The van der Waals surface area contributed by atoms with E-state index in [1.165, 1.54) is 12.1 Å². The first-order chi connectivity index (χ1) is 9.50. The second-order valence-electron chi connectivity index (χ2n) is 4.33. The van der Waals surface area contributed by atoms with Crippen molar-refractivity contribution in [2.45, 2.75) is 12.3 Å². The van der Waals surface area contributed by atoms with Gasteiger partial charge in [-0.3, -0.25) is 4.79 Å². The lowest BCUT2D eigenvalue weighted by Gasteiger charge is -2.15. The van der Waals surface area contributed by atoms with E-state index in [4.69, 9.17) is 0 Å². The number of aliphatic carboxylic acids is 1. The Labute approximate surface area is 123 Å². The summed E-state index contributed by atoms with van der Waals surface area (Å²) in [4.78, 5) is 11.4. The quantitative estimate of drug-likeness (QED) is 0.908. The molecule has 0 aliphatic carbocycles. The largest absolute Gasteiger partial charge is 0.481 e. The highest BCUT2D eigenvalue weighted by molar-refractivity contribution is 9.10. The lowest BCUT2D eigenvalue weighted by Crippen LogP contribution is -2.16. The first-order valence-corrected chi connectivity index (χ1v) is 6.70. The molecule has 0 spiro atoms. The summed E-state index contributed by atoms with van der Waals surface area (Å²) < 4.78 is 27.5. The van der Waals surface area contributed by atoms with Crippen LogP contribution in [-0.2, 0) is 11.2 Å². The first-order valence-electron chi connectivity index (χ1n) is 5.91. The zero-order valence-electron chi connectivity index (χ0n) is 10.3. The number of carboxylic acids is 1. The number of carboxylic acid groups (broad SMARTS) is 1. The topological polar surface area (TPSA) is 37.3 Å². The summed E-state index contributed by atoms with van der Waals surface area (Å²) in [7, 11) is 0. The van der Waals surface area contributed by atoms with Crippen LogP contribution < -0.4 is 0 Å². The molecule has 104 valence electrons. The fourth-order valence-electron chi connectivity index (χ4n) is 2.01. The van der Waals surface area contributed by atoms with E-state index < -0.39 is 23.5 Å². The summed E-state index contributed by atoms with van der Waals surface area (Å²) in [5.74, 6) is -3.99. The minimum Gasteiger partial charge on any atom is -0.481 e. The minimum absolute atomic E-state index is 0.0492.